The molecule has 3 unspecified atom stereocenters. The Balaban J connectivity index is 1.75. The first-order chi connectivity index (χ1) is 9.16. The van der Waals surface area contributed by atoms with Crippen LogP contribution in [0.3, 0.4) is 0 Å². The van der Waals surface area contributed by atoms with Crippen LogP contribution in [0.4, 0.5) is 5.69 Å². The summed E-state index contributed by atoms with van der Waals surface area (Å²) in [6.07, 6.45) is 3.68. The summed E-state index contributed by atoms with van der Waals surface area (Å²) in [5.41, 5.74) is 1.75. The van der Waals surface area contributed by atoms with Gasteiger partial charge in [0.15, 0.2) is 0 Å². The molecule has 19 heavy (non-hydrogen) atoms. The van der Waals surface area contributed by atoms with Crippen LogP contribution in [0.15, 0.2) is 18.2 Å². The maximum Gasteiger partial charge on any atom is 0.241 e. The van der Waals surface area contributed by atoms with E-state index >= 15 is 0 Å². The molecule has 1 aromatic carbocycles. The fraction of sp³-hybridized carbons (Fsp3) is 0.533. The number of amides is 1. The largest absolute Gasteiger partial charge is 0.323 e. The molecule has 4 heteroatoms. The zero-order chi connectivity index (χ0) is 13.4. The Morgan fingerprint density at radius 3 is 3.05 bits per heavy atom. The maximum atomic E-state index is 12.4. The molecule has 0 radical (unpaired) electrons. The summed E-state index contributed by atoms with van der Waals surface area (Å²) < 4.78 is 0. The van der Waals surface area contributed by atoms with Crippen molar-refractivity contribution in [3.63, 3.8) is 0 Å². The summed E-state index contributed by atoms with van der Waals surface area (Å²) in [6.45, 7) is 2.94. The van der Waals surface area contributed by atoms with Crippen molar-refractivity contribution >= 4 is 23.2 Å². The Kier molecular flexibility index (Phi) is 3.50. The topological polar surface area (TPSA) is 41.1 Å². The molecule has 1 aliphatic carbocycles. The Bertz CT molecular complexity index is 483. The standard InChI is InChI=1S/C15H19ClN2O/c1-9-4-2-7-12(16)13(9)18-15(19)14-11-6-3-5-10(11)8-17-14/h2,4,7,10-11,14,17H,3,5-6,8H2,1H3,(H,18,19). The van der Waals surface area contributed by atoms with Gasteiger partial charge in [-0.05, 0) is 49.8 Å². The molecule has 1 aliphatic heterocycles. The van der Waals surface area contributed by atoms with Crippen LogP contribution in [0.2, 0.25) is 5.02 Å². The van der Waals surface area contributed by atoms with Crippen molar-refractivity contribution in [2.75, 3.05) is 11.9 Å². The summed E-state index contributed by atoms with van der Waals surface area (Å²) in [5, 5.41) is 6.97. The maximum absolute atomic E-state index is 12.4. The first kappa shape index (κ1) is 12.9. The van der Waals surface area contributed by atoms with Gasteiger partial charge in [-0.1, -0.05) is 30.2 Å². The highest BCUT2D eigenvalue weighted by Crippen LogP contribution is 2.38. The second kappa shape index (κ2) is 5.14. The molecule has 102 valence electrons. The van der Waals surface area contributed by atoms with E-state index in [0.717, 1.165) is 24.2 Å². The lowest BCUT2D eigenvalue weighted by Crippen LogP contribution is -2.39. The molecule has 0 spiro atoms. The molecule has 3 nitrogen and oxygen atoms in total. The molecule has 2 N–H and O–H groups in total. The second-order valence-electron chi connectivity index (χ2n) is 5.66. The SMILES string of the molecule is Cc1cccc(Cl)c1NC(=O)C1NCC2CCCC21. The van der Waals surface area contributed by atoms with Gasteiger partial charge in [-0.3, -0.25) is 4.79 Å². The van der Waals surface area contributed by atoms with Gasteiger partial charge >= 0.3 is 0 Å². The molecule has 3 atom stereocenters. The lowest BCUT2D eigenvalue weighted by atomic mass is 9.93. The third-order valence-corrected chi connectivity index (χ3v) is 4.81. The van der Waals surface area contributed by atoms with E-state index < -0.39 is 0 Å². The summed E-state index contributed by atoms with van der Waals surface area (Å²) in [4.78, 5) is 12.4. The monoisotopic (exact) mass is 278 g/mol. The average molecular weight is 279 g/mol. The molecule has 2 fully saturated rings. The highest BCUT2D eigenvalue weighted by molar-refractivity contribution is 6.34. The van der Waals surface area contributed by atoms with Gasteiger partial charge in [0.1, 0.15) is 0 Å². The van der Waals surface area contributed by atoms with Crippen LogP contribution in [-0.2, 0) is 4.79 Å². The molecular formula is C15H19ClN2O. The van der Waals surface area contributed by atoms with Crippen LogP contribution in [0.25, 0.3) is 0 Å². The highest BCUT2D eigenvalue weighted by atomic mass is 35.5. The van der Waals surface area contributed by atoms with Crippen LogP contribution in [0, 0.1) is 18.8 Å². The number of carbonyl (C=O) groups is 1. The normalized spacial score (nSPS) is 29.3. The van der Waals surface area contributed by atoms with E-state index in [0.29, 0.717) is 16.9 Å². The quantitative estimate of drug-likeness (QED) is 0.873. The van der Waals surface area contributed by atoms with Crippen LogP contribution in [-0.4, -0.2) is 18.5 Å². The molecule has 1 heterocycles. The molecule has 1 saturated carbocycles. The minimum atomic E-state index is -0.0526. The number of anilines is 1. The van der Waals surface area contributed by atoms with E-state index in [4.69, 9.17) is 11.6 Å². The van der Waals surface area contributed by atoms with E-state index in [9.17, 15) is 4.79 Å². The number of hydrogen-bond donors (Lipinski definition) is 2. The van der Waals surface area contributed by atoms with Crippen molar-refractivity contribution in [1.82, 2.24) is 5.32 Å². The first-order valence-corrected chi connectivity index (χ1v) is 7.34. The van der Waals surface area contributed by atoms with E-state index in [1.54, 1.807) is 0 Å². The number of benzene rings is 1. The number of para-hydroxylation sites is 1. The van der Waals surface area contributed by atoms with Gasteiger partial charge in [0, 0.05) is 0 Å². The molecule has 2 aliphatic rings. The van der Waals surface area contributed by atoms with Gasteiger partial charge in [0.25, 0.3) is 0 Å². The Morgan fingerprint density at radius 1 is 1.42 bits per heavy atom. The lowest BCUT2D eigenvalue weighted by Gasteiger charge is -2.19. The summed E-state index contributed by atoms with van der Waals surface area (Å²) in [7, 11) is 0. The van der Waals surface area contributed by atoms with Crippen molar-refractivity contribution in [2.24, 2.45) is 11.8 Å². The van der Waals surface area contributed by atoms with Crippen LogP contribution < -0.4 is 10.6 Å². The molecule has 0 bridgehead atoms. The van der Waals surface area contributed by atoms with Crippen molar-refractivity contribution < 1.29 is 4.79 Å². The van der Waals surface area contributed by atoms with Crippen molar-refractivity contribution in [3.05, 3.63) is 28.8 Å². The van der Waals surface area contributed by atoms with Gasteiger partial charge < -0.3 is 10.6 Å². The summed E-state index contributed by atoms with van der Waals surface area (Å²) in [5.74, 6) is 1.25. The van der Waals surface area contributed by atoms with Crippen LogP contribution in [0.1, 0.15) is 24.8 Å². The molecule has 1 saturated heterocycles. The van der Waals surface area contributed by atoms with E-state index in [-0.39, 0.29) is 11.9 Å². The van der Waals surface area contributed by atoms with E-state index in [2.05, 4.69) is 10.6 Å². The number of aryl methyl sites for hydroxylation is 1. The zero-order valence-electron chi connectivity index (χ0n) is 11.1. The predicted molar refractivity (Wildman–Crippen MR) is 77.4 cm³/mol. The van der Waals surface area contributed by atoms with Crippen LogP contribution >= 0.6 is 11.6 Å². The van der Waals surface area contributed by atoms with Crippen molar-refractivity contribution in [1.29, 1.82) is 0 Å². The van der Waals surface area contributed by atoms with Crippen molar-refractivity contribution in [2.45, 2.75) is 32.2 Å². The third-order valence-electron chi connectivity index (χ3n) is 4.50. The number of rotatable bonds is 2. The molecule has 1 amide bonds. The van der Waals surface area contributed by atoms with Gasteiger partial charge in [0.05, 0.1) is 16.8 Å². The molecule has 1 aromatic rings. The zero-order valence-corrected chi connectivity index (χ0v) is 11.8. The fourth-order valence-electron chi connectivity index (χ4n) is 3.47. The average Bonchev–Trinajstić information content (AvgIpc) is 2.95. The smallest absolute Gasteiger partial charge is 0.241 e. The van der Waals surface area contributed by atoms with Gasteiger partial charge in [0.2, 0.25) is 5.91 Å². The molecular weight excluding hydrogens is 260 g/mol. The van der Waals surface area contributed by atoms with Gasteiger partial charge in [-0.15, -0.1) is 0 Å². The number of halogens is 1. The number of nitrogens with one attached hydrogen (secondary N) is 2. The Hall–Kier alpha value is -1.06. The Labute approximate surface area is 118 Å². The number of fused-ring (bicyclic) bond motifs is 1. The van der Waals surface area contributed by atoms with Crippen LogP contribution in [0.5, 0.6) is 0 Å². The predicted octanol–water partition coefficient (Wildman–Crippen LogP) is 2.98. The number of carbonyl (C=O) groups excluding carboxylic acids is 1. The minimum Gasteiger partial charge on any atom is -0.323 e. The van der Waals surface area contributed by atoms with Gasteiger partial charge in [-0.2, -0.15) is 0 Å². The highest BCUT2D eigenvalue weighted by Gasteiger charge is 2.42. The summed E-state index contributed by atoms with van der Waals surface area (Å²) >= 11 is 6.16. The second-order valence-corrected chi connectivity index (χ2v) is 6.07. The van der Waals surface area contributed by atoms with E-state index in [1.807, 2.05) is 25.1 Å². The minimum absolute atomic E-state index is 0.0526. The third kappa shape index (κ3) is 2.37. The summed E-state index contributed by atoms with van der Waals surface area (Å²) in [6, 6.07) is 5.61. The fourth-order valence-corrected chi connectivity index (χ4v) is 3.73. The lowest BCUT2D eigenvalue weighted by molar-refractivity contribution is -0.118. The molecule has 0 aromatic heterocycles. The first-order valence-electron chi connectivity index (χ1n) is 6.96. The Morgan fingerprint density at radius 2 is 2.26 bits per heavy atom. The van der Waals surface area contributed by atoms with Gasteiger partial charge in [-0.25, -0.2) is 0 Å². The van der Waals surface area contributed by atoms with E-state index in [1.165, 1.54) is 12.8 Å². The van der Waals surface area contributed by atoms with Crippen molar-refractivity contribution in [3.8, 4) is 0 Å². The number of hydrogen-bond acceptors (Lipinski definition) is 2. The molecule has 3 rings (SSSR count).